The van der Waals surface area contributed by atoms with E-state index in [9.17, 15) is 0 Å². The molecule has 0 radical (unpaired) electrons. The molecule has 2 fully saturated rings. The van der Waals surface area contributed by atoms with Crippen LogP contribution in [0.5, 0.6) is 28.7 Å². The Hall–Kier alpha value is -3.44. The molecule has 0 amide bonds. The van der Waals surface area contributed by atoms with Crippen molar-refractivity contribution in [3.8, 4) is 28.7 Å². The molecule has 8 nitrogen and oxygen atoms in total. The Labute approximate surface area is 275 Å². The van der Waals surface area contributed by atoms with Gasteiger partial charge in [-0.2, -0.15) is 0 Å². The summed E-state index contributed by atoms with van der Waals surface area (Å²) >= 11 is 7.68. The van der Waals surface area contributed by atoms with Gasteiger partial charge >= 0.3 is 276 Å². The fourth-order valence-electron chi connectivity index (χ4n) is 5.61. The molecule has 240 valence electrons. The summed E-state index contributed by atoms with van der Waals surface area (Å²) in [4.78, 5) is 3.68. The first-order valence-electron chi connectivity index (χ1n) is 15.2. The zero-order chi connectivity index (χ0) is 31.5. The van der Waals surface area contributed by atoms with Crippen molar-refractivity contribution in [3.63, 3.8) is 0 Å². The van der Waals surface area contributed by atoms with Gasteiger partial charge in [-0.15, -0.1) is 0 Å². The van der Waals surface area contributed by atoms with Crippen LogP contribution in [0, 0.1) is 0 Å². The van der Waals surface area contributed by atoms with E-state index in [1.807, 2.05) is 152 Å². The number of hydrogen-bond acceptors (Lipinski definition) is 8. The Morgan fingerprint density at radius 2 is 0.891 bits per heavy atom. The summed E-state index contributed by atoms with van der Waals surface area (Å²) in [6.07, 6.45) is 0. The Morgan fingerprint density at radius 1 is 0.500 bits per heavy atom. The van der Waals surface area contributed by atoms with Crippen LogP contribution in [-0.2, 0) is 0 Å². The van der Waals surface area contributed by atoms with E-state index in [1.165, 1.54) is 0 Å². The van der Waals surface area contributed by atoms with Crippen molar-refractivity contribution >= 4 is 33.9 Å². The van der Waals surface area contributed by atoms with Crippen LogP contribution in [0.1, 0.15) is 6.92 Å². The fraction of sp³-hybridized carbons (Fsp3) is 0.118. The van der Waals surface area contributed by atoms with Crippen LogP contribution in [0.15, 0.2) is 152 Å². The number of hydrogen-bond donors (Lipinski definition) is 3. The second-order valence-electron chi connectivity index (χ2n) is 11.2. The van der Waals surface area contributed by atoms with Gasteiger partial charge in [-0.1, -0.05) is 0 Å². The number of ether oxygens (including phenoxy) is 1. The molecule has 2 aliphatic heterocycles. The molecule has 2 aliphatic rings. The second kappa shape index (κ2) is 13.4. The van der Waals surface area contributed by atoms with E-state index in [2.05, 4.69) is 22.0 Å². The summed E-state index contributed by atoms with van der Waals surface area (Å²) in [6.45, 7) is 2.06. The van der Waals surface area contributed by atoms with Crippen LogP contribution in [0.3, 0.4) is 0 Å². The number of benzene rings is 5. The Kier molecular flexibility index (Phi) is 9.05. The van der Waals surface area contributed by atoms with Gasteiger partial charge < -0.3 is 0 Å². The van der Waals surface area contributed by atoms with E-state index in [-0.39, 0.29) is 11.6 Å². The number of para-hydroxylation sites is 5. The molecule has 12 heteroatoms. The van der Waals surface area contributed by atoms with Crippen molar-refractivity contribution in [2.75, 3.05) is 0 Å². The first kappa shape index (κ1) is 31.2. The van der Waals surface area contributed by atoms with Crippen LogP contribution < -0.4 is 37.9 Å². The van der Waals surface area contributed by atoms with Gasteiger partial charge in [0.05, 0.1) is 0 Å². The zero-order valence-corrected chi connectivity index (χ0v) is 28.8. The van der Waals surface area contributed by atoms with Crippen LogP contribution >= 0.6 is 33.9 Å². The van der Waals surface area contributed by atoms with Crippen LogP contribution in [0.2, 0.25) is 0 Å². The Balaban J connectivity index is 1.35. The SMILES string of the molecule is CC1N[PH]2(Oc3ccccc3)C(N[PH](Cl)(Oc3ccccc3)N[PH]1(Oc1ccccc1)Oc1ccccc1)C2Oc1ccccc1. The monoisotopic (exact) mass is 695 g/mol. The summed E-state index contributed by atoms with van der Waals surface area (Å²) in [6, 6.07) is 48.4. The van der Waals surface area contributed by atoms with Crippen molar-refractivity contribution in [1.29, 1.82) is 0 Å². The molecule has 0 spiro atoms. The van der Waals surface area contributed by atoms with Gasteiger partial charge in [0, 0.05) is 0 Å². The third kappa shape index (κ3) is 6.81. The molecule has 7 rings (SSSR count). The summed E-state index contributed by atoms with van der Waals surface area (Å²) in [5, 5.41) is 7.60. The molecule has 2 heterocycles. The minimum absolute atomic E-state index is 0.281. The quantitative estimate of drug-likeness (QED) is 0.125. The van der Waals surface area contributed by atoms with E-state index in [4.69, 9.17) is 34.1 Å². The maximum atomic E-state index is 7.68. The van der Waals surface area contributed by atoms with E-state index in [0.717, 1.165) is 11.5 Å². The molecule has 0 aromatic heterocycles. The zero-order valence-electron chi connectivity index (χ0n) is 25.1. The predicted molar refractivity (Wildman–Crippen MR) is 193 cm³/mol. The topological polar surface area (TPSA) is 82.2 Å². The van der Waals surface area contributed by atoms with Gasteiger partial charge in [-0.05, 0) is 0 Å². The van der Waals surface area contributed by atoms with Gasteiger partial charge in [-0.25, -0.2) is 0 Å². The number of rotatable bonds is 10. The average molecular weight is 696 g/mol. The van der Waals surface area contributed by atoms with Crippen LogP contribution in [-0.4, -0.2) is 17.4 Å². The third-order valence-corrected chi connectivity index (χ3v) is 19.8. The average Bonchev–Trinajstić information content (AvgIpc) is 3.62. The predicted octanol–water partition coefficient (Wildman–Crippen LogP) is 8.90. The molecule has 3 atom stereocenters. The summed E-state index contributed by atoms with van der Waals surface area (Å²) in [7, 11) is -10.4. The molecule has 5 aromatic carbocycles. The van der Waals surface area contributed by atoms with Gasteiger partial charge in [0.1, 0.15) is 0 Å². The van der Waals surface area contributed by atoms with Crippen molar-refractivity contribution in [1.82, 2.24) is 15.0 Å². The van der Waals surface area contributed by atoms with Crippen molar-refractivity contribution in [2.24, 2.45) is 0 Å². The molecule has 46 heavy (non-hydrogen) atoms. The third-order valence-electron chi connectivity index (χ3n) is 7.83. The standard InChI is InChI=1S/C34H37ClN3O5P3/c1-27-36-44(40-29-19-9-3-10-20-29)33(34(44)39-28-17-7-2-8-18-28)37-46(35,43-32-25-15-6-16-26-32)38-45(27,41-30-21-11-4-12-22-30)42-31-23-13-5-14-24-31/h2-27,33-34,36-38,44-46H,1H3. The molecule has 0 bridgehead atoms. The molecule has 0 saturated carbocycles. The molecule has 3 N–H and O–H groups in total. The van der Waals surface area contributed by atoms with Gasteiger partial charge in [0.15, 0.2) is 0 Å². The normalized spacial score (nSPS) is 24.3. The number of nitrogens with one attached hydrogen (secondary N) is 3. The first-order chi connectivity index (χ1) is 22.5. The molecule has 0 aliphatic carbocycles. The van der Waals surface area contributed by atoms with Gasteiger partial charge in [-0.3, -0.25) is 0 Å². The first-order valence-corrected chi connectivity index (χ1v) is 22.0. The van der Waals surface area contributed by atoms with E-state index in [1.54, 1.807) is 0 Å². The van der Waals surface area contributed by atoms with E-state index >= 15 is 0 Å². The second-order valence-corrected chi connectivity index (χ2v) is 21.3. The maximum absolute atomic E-state index is 7.68. The van der Waals surface area contributed by atoms with E-state index in [0.29, 0.717) is 17.2 Å². The molecule has 3 unspecified atom stereocenters. The number of halogens is 1. The van der Waals surface area contributed by atoms with Crippen molar-refractivity contribution < 1.29 is 22.8 Å². The summed E-state index contributed by atoms with van der Waals surface area (Å²) in [5.74, 6) is 2.33. The van der Waals surface area contributed by atoms with Crippen molar-refractivity contribution in [3.05, 3.63) is 152 Å². The molecule has 5 aromatic rings. The minimum atomic E-state index is -3.67. The molecular weight excluding hydrogens is 659 g/mol. The molecule has 2 saturated heterocycles. The van der Waals surface area contributed by atoms with Gasteiger partial charge in [0.25, 0.3) is 0 Å². The Morgan fingerprint density at radius 3 is 1.35 bits per heavy atom. The summed E-state index contributed by atoms with van der Waals surface area (Å²) in [5.41, 5.74) is 0. The molecular formula is C34H37ClN3O5P3. The van der Waals surface area contributed by atoms with Crippen LogP contribution in [0.25, 0.3) is 0 Å². The summed E-state index contributed by atoms with van der Waals surface area (Å²) < 4.78 is 34.2. The fourth-order valence-corrected chi connectivity index (χ4v) is 20.2. The van der Waals surface area contributed by atoms with Crippen molar-refractivity contribution in [2.45, 2.75) is 24.3 Å². The van der Waals surface area contributed by atoms with Crippen LogP contribution in [0.4, 0.5) is 0 Å². The van der Waals surface area contributed by atoms with Gasteiger partial charge in [0.2, 0.25) is 0 Å². The number of fused-ring (bicyclic) bond motifs is 1. The Bertz CT molecular complexity index is 1680. The van der Waals surface area contributed by atoms with E-state index < -0.39 is 28.4 Å².